The van der Waals surface area contributed by atoms with E-state index in [-0.39, 0.29) is 17.1 Å². The number of rotatable bonds is 8. The van der Waals surface area contributed by atoms with Gasteiger partial charge in [-0.25, -0.2) is 0 Å². The highest BCUT2D eigenvalue weighted by molar-refractivity contribution is 6.31. The Hall–Kier alpha value is -0.860. The molecule has 2 nitrogen and oxygen atoms in total. The van der Waals surface area contributed by atoms with Crippen LogP contribution < -0.4 is 0 Å². The standard InChI is InChI=1S/C35H53ClO2/c1-22(2)9-8-10-23(3)28-15-16-29-26-14-13-25-20-27(32(37)19-24-11-6-7-12-31(24)36)33(38)21-35(25,5)30(26)17-18-34(28,29)4/h6-7,11-12,22-23,25-30,33,38H,8-10,13-21H2,1-5H3. The molecule has 4 aliphatic carbocycles. The van der Waals surface area contributed by atoms with Crippen LogP contribution in [-0.2, 0) is 11.2 Å². The summed E-state index contributed by atoms with van der Waals surface area (Å²) in [4.78, 5) is 13.4. The van der Waals surface area contributed by atoms with Crippen molar-refractivity contribution < 1.29 is 9.90 Å². The van der Waals surface area contributed by atoms with Gasteiger partial charge in [-0.2, -0.15) is 0 Å². The number of carbonyl (C=O) groups is 1. The largest absolute Gasteiger partial charge is 0.392 e. The van der Waals surface area contributed by atoms with Crippen LogP contribution in [0.1, 0.15) is 111 Å². The Bertz CT molecular complexity index is 988. The maximum absolute atomic E-state index is 13.4. The van der Waals surface area contributed by atoms with Crippen molar-refractivity contribution in [3.05, 3.63) is 34.9 Å². The lowest BCUT2D eigenvalue weighted by molar-refractivity contribution is -0.156. The fourth-order valence-electron chi connectivity index (χ4n) is 10.6. The molecule has 1 aromatic carbocycles. The van der Waals surface area contributed by atoms with Gasteiger partial charge in [0.2, 0.25) is 0 Å². The number of carbonyl (C=O) groups excluding carboxylic acids is 1. The average molecular weight is 541 g/mol. The first-order chi connectivity index (χ1) is 18.0. The summed E-state index contributed by atoms with van der Waals surface area (Å²) in [5, 5.41) is 12.1. The van der Waals surface area contributed by atoms with Crippen molar-refractivity contribution >= 4 is 17.4 Å². The molecule has 0 aromatic heterocycles. The van der Waals surface area contributed by atoms with Crippen molar-refractivity contribution in [2.75, 3.05) is 0 Å². The zero-order valence-electron chi connectivity index (χ0n) is 24.7. The third-order valence-electron chi connectivity index (χ3n) is 12.7. The third-order valence-corrected chi connectivity index (χ3v) is 13.0. The highest BCUT2D eigenvalue weighted by Crippen LogP contribution is 2.68. The van der Waals surface area contributed by atoms with Crippen LogP contribution >= 0.6 is 11.6 Å². The van der Waals surface area contributed by atoms with Gasteiger partial charge < -0.3 is 5.11 Å². The van der Waals surface area contributed by atoms with Crippen LogP contribution in [-0.4, -0.2) is 17.0 Å². The maximum Gasteiger partial charge on any atom is 0.142 e. The number of hydrogen-bond donors (Lipinski definition) is 1. The first kappa shape index (κ1) is 28.7. The van der Waals surface area contributed by atoms with Gasteiger partial charge in [-0.3, -0.25) is 4.79 Å². The predicted molar refractivity (Wildman–Crippen MR) is 158 cm³/mol. The molecule has 4 aliphatic rings. The summed E-state index contributed by atoms with van der Waals surface area (Å²) in [5.74, 6) is 5.42. The van der Waals surface area contributed by atoms with Gasteiger partial charge in [0.1, 0.15) is 5.78 Å². The molecule has 0 spiro atoms. The second kappa shape index (κ2) is 11.2. The molecule has 1 N–H and O–H groups in total. The Kier molecular flexibility index (Phi) is 8.44. The lowest BCUT2D eigenvalue weighted by Gasteiger charge is -2.62. The summed E-state index contributed by atoms with van der Waals surface area (Å²) in [5.41, 5.74) is 1.57. The fraction of sp³-hybridized carbons (Fsp3) is 0.800. The van der Waals surface area contributed by atoms with E-state index in [2.05, 4.69) is 34.6 Å². The van der Waals surface area contributed by atoms with E-state index in [1.165, 1.54) is 57.8 Å². The molecule has 4 fully saturated rings. The molecule has 4 saturated carbocycles. The molecular weight excluding hydrogens is 488 g/mol. The highest BCUT2D eigenvalue weighted by Gasteiger charge is 2.61. The number of halogens is 1. The Morgan fingerprint density at radius 3 is 2.47 bits per heavy atom. The predicted octanol–water partition coefficient (Wildman–Crippen LogP) is 9.16. The number of fused-ring (bicyclic) bond motifs is 5. The molecule has 0 aliphatic heterocycles. The molecule has 3 heteroatoms. The van der Waals surface area contributed by atoms with E-state index in [1.54, 1.807) is 0 Å². The maximum atomic E-state index is 13.4. The minimum atomic E-state index is -0.518. The van der Waals surface area contributed by atoms with Gasteiger partial charge in [-0.05, 0) is 115 Å². The number of aliphatic hydroxyl groups excluding tert-OH is 1. The van der Waals surface area contributed by atoms with Gasteiger partial charge in [-0.1, -0.05) is 83.7 Å². The summed E-state index contributed by atoms with van der Waals surface area (Å²) in [7, 11) is 0. The van der Waals surface area contributed by atoms with Gasteiger partial charge in [0.15, 0.2) is 0 Å². The summed E-state index contributed by atoms with van der Waals surface area (Å²) in [6.07, 6.45) is 13.7. The van der Waals surface area contributed by atoms with Crippen LogP contribution in [0.4, 0.5) is 0 Å². The van der Waals surface area contributed by atoms with Crippen LogP contribution in [0.25, 0.3) is 0 Å². The summed E-state index contributed by atoms with van der Waals surface area (Å²) in [6, 6.07) is 7.66. The van der Waals surface area contributed by atoms with Crippen molar-refractivity contribution in [3.63, 3.8) is 0 Å². The topological polar surface area (TPSA) is 37.3 Å². The summed E-state index contributed by atoms with van der Waals surface area (Å²) >= 11 is 6.36. The molecule has 10 unspecified atom stereocenters. The Morgan fingerprint density at radius 1 is 1.00 bits per heavy atom. The number of ketones is 1. The quantitative estimate of drug-likeness (QED) is 0.357. The fourth-order valence-corrected chi connectivity index (χ4v) is 10.8. The number of hydrogen-bond acceptors (Lipinski definition) is 2. The molecule has 212 valence electrons. The van der Waals surface area contributed by atoms with E-state index < -0.39 is 6.10 Å². The van der Waals surface area contributed by atoms with E-state index in [0.29, 0.717) is 28.7 Å². The van der Waals surface area contributed by atoms with Crippen molar-refractivity contribution in [2.24, 2.45) is 58.2 Å². The van der Waals surface area contributed by atoms with Gasteiger partial charge in [0.25, 0.3) is 0 Å². The SMILES string of the molecule is CC(C)CCCC(C)C1CCC2C3CCC4CC(C(=O)Cc5ccccc5Cl)C(O)CC4(C)C3CCC12C. The average Bonchev–Trinajstić information content (AvgIpc) is 3.21. The number of Topliss-reactive ketones (excluding diaryl/α,β-unsaturated/α-hetero) is 1. The van der Waals surface area contributed by atoms with Crippen LogP contribution in [0.15, 0.2) is 24.3 Å². The Balaban J connectivity index is 1.26. The van der Waals surface area contributed by atoms with Gasteiger partial charge in [-0.15, -0.1) is 0 Å². The lowest BCUT2D eigenvalue weighted by atomic mass is 9.43. The smallest absolute Gasteiger partial charge is 0.142 e. The summed E-state index contributed by atoms with van der Waals surface area (Å²) < 4.78 is 0. The number of benzene rings is 1. The first-order valence-corrected chi connectivity index (χ1v) is 16.4. The molecule has 38 heavy (non-hydrogen) atoms. The minimum Gasteiger partial charge on any atom is -0.392 e. The molecular formula is C35H53ClO2. The molecule has 0 saturated heterocycles. The van der Waals surface area contributed by atoms with E-state index >= 15 is 0 Å². The lowest BCUT2D eigenvalue weighted by Crippen LogP contribution is -2.56. The van der Waals surface area contributed by atoms with Gasteiger partial charge in [0, 0.05) is 17.4 Å². The first-order valence-electron chi connectivity index (χ1n) is 16.0. The zero-order valence-corrected chi connectivity index (χ0v) is 25.5. The van der Waals surface area contributed by atoms with Crippen molar-refractivity contribution in [1.29, 1.82) is 0 Å². The molecule has 0 heterocycles. The second-order valence-electron chi connectivity index (χ2n) is 15.0. The third kappa shape index (κ3) is 5.15. The van der Waals surface area contributed by atoms with Crippen molar-refractivity contribution in [3.8, 4) is 0 Å². The monoisotopic (exact) mass is 540 g/mol. The van der Waals surface area contributed by atoms with Crippen molar-refractivity contribution in [2.45, 2.75) is 118 Å². The molecule has 1 aromatic rings. The van der Waals surface area contributed by atoms with Crippen LogP contribution in [0.2, 0.25) is 5.02 Å². The molecule has 10 atom stereocenters. The van der Waals surface area contributed by atoms with Gasteiger partial charge in [0.05, 0.1) is 6.10 Å². The Labute approximate surface area is 237 Å². The number of aliphatic hydroxyl groups is 1. The highest BCUT2D eigenvalue weighted by atomic mass is 35.5. The van der Waals surface area contributed by atoms with Crippen molar-refractivity contribution in [1.82, 2.24) is 0 Å². The molecule has 0 radical (unpaired) electrons. The molecule has 5 rings (SSSR count). The summed E-state index contributed by atoms with van der Waals surface area (Å²) in [6.45, 7) is 12.4. The van der Waals surface area contributed by atoms with E-state index in [1.807, 2.05) is 24.3 Å². The minimum absolute atomic E-state index is 0.172. The van der Waals surface area contributed by atoms with Gasteiger partial charge >= 0.3 is 0 Å². The van der Waals surface area contributed by atoms with Crippen LogP contribution in [0.3, 0.4) is 0 Å². The van der Waals surface area contributed by atoms with E-state index in [0.717, 1.165) is 48.0 Å². The van der Waals surface area contributed by atoms with E-state index in [9.17, 15) is 9.90 Å². The normalized spacial score (nSPS) is 41.3. The molecule has 0 amide bonds. The van der Waals surface area contributed by atoms with E-state index in [4.69, 9.17) is 11.6 Å². The second-order valence-corrected chi connectivity index (χ2v) is 15.4. The van der Waals surface area contributed by atoms with Crippen LogP contribution in [0, 0.1) is 58.2 Å². The molecule has 0 bridgehead atoms. The zero-order chi connectivity index (χ0) is 27.2. The van der Waals surface area contributed by atoms with Crippen LogP contribution in [0.5, 0.6) is 0 Å². The Morgan fingerprint density at radius 2 is 1.74 bits per heavy atom.